The number of hydrogen-bond acceptors (Lipinski definition) is 4. The normalized spacial score (nSPS) is 17.8. The first kappa shape index (κ1) is 19.8. The molecule has 1 aliphatic heterocycles. The average Bonchev–Trinajstić information content (AvgIpc) is 2.64. The lowest BCUT2D eigenvalue weighted by Crippen LogP contribution is -2.49. The molecular formula is C21H27ClN4O. The predicted octanol–water partition coefficient (Wildman–Crippen LogP) is 2.95. The molecule has 0 radical (unpaired) electrons. The number of aromatic nitrogens is 1. The van der Waals surface area contributed by atoms with Gasteiger partial charge in [0.15, 0.2) is 0 Å². The zero-order valence-corrected chi connectivity index (χ0v) is 16.5. The lowest BCUT2D eigenvalue weighted by Gasteiger charge is -2.33. The van der Waals surface area contributed by atoms with Crippen LogP contribution in [0.4, 0.5) is 0 Å². The van der Waals surface area contributed by atoms with Gasteiger partial charge in [-0.15, -0.1) is 0 Å². The van der Waals surface area contributed by atoms with Crippen molar-refractivity contribution in [3.63, 3.8) is 0 Å². The lowest BCUT2D eigenvalue weighted by atomic mass is 10.0. The van der Waals surface area contributed by atoms with E-state index in [1.807, 2.05) is 42.4 Å². The maximum Gasteiger partial charge on any atom is 0.234 e. The molecule has 1 unspecified atom stereocenters. The van der Waals surface area contributed by atoms with E-state index in [0.29, 0.717) is 13.1 Å². The number of rotatable bonds is 7. The van der Waals surface area contributed by atoms with Crippen LogP contribution in [-0.4, -0.2) is 53.4 Å². The van der Waals surface area contributed by atoms with Gasteiger partial charge in [0.1, 0.15) is 0 Å². The standard InChI is InChI=1S/C21H27ClN4O/c1-25(13-18-4-2-10-23-12-18)16-21(27)24-20-5-3-11-26(15-20)14-17-6-8-19(22)9-7-17/h2,4,6-10,12,20H,3,5,11,13-16H2,1H3,(H,24,27). The molecule has 1 aromatic heterocycles. The molecule has 6 heteroatoms. The zero-order chi connectivity index (χ0) is 19.1. The maximum absolute atomic E-state index is 12.4. The summed E-state index contributed by atoms with van der Waals surface area (Å²) in [5.41, 5.74) is 2.36. The van der Waals surface area contributed by atoms with Gasteiger partial charge in [-0.2, -0.15) is 0 Å². The number of pyridine rings is 1. The highest BCUT2D eigenvalue weighted by atomic mass is 35.5. The van der Waals surface area contributed by atoms with Crippen LogP contribution in [0.3, 0.4) is 0 Å². The largest absolute Gasteiger partial charge is 0.351 e. The Labute approximate surface area is 166 Å². The molecule has 1 N–H and O–H groups in total. The third-order valence-corrected chi connectivity index (χ3v) is 5.03. The monoisotopic (exact) mass is 386 g/mol. The molecule has 0 bridgehead atoms. The Morgan fingerprint density at radius 3 is 2.85 bits per heavy atom. The van der Waals surface area contributed by atoms with Gasteiger partial charge in [0.2, 0.25) is 5.91 Å². The highest BCUT2D eigenvalue weighted by Gasteiger charge is 2.21. The van der Waals surface area contributed by atoms with Crippen LogP contribution in [0, 0.1) is 0 Å². The lowest BCUT2D eigenvalue weighted by molar-refractivity contribution is -0.123. The third kappa shape index (κ3) is 6.61. The van der Waals surface area contributed by atoms with E-state index in [1.165, 1.54) is 5.56 Å². The predicted molar refractivity (Wildman–Crippen MR) is 108 cm³/mol. The fraction of sp³-hybridized carbons (Fsp3) is 0.429. The number of nitrogens with one attached hydrogen (secondary N) is 1. The van der Waals surface area contributed by atoms with Crippen LogP contribution in [0.25, 0.3) is 0 Å². The topological polar surface area (TPSA) is 48.5 Å². The van der Waals surface area contributed by atoms with E-state index < -0.39 is 0 Å². The summed E-state index contributed by atoms with van der Waals surface area (Å²) in [6.07, 6.45) is 5.73. The van der Waals surface area contributed by atoms with Crippen LogP contribution in [0.1, 0.15) is 24.0 Å². The molecule has 1 saturated heterocycles. The van der Waals surface area contributed by atoms with E-state index in [2.05, 4.69) is 27.3 Å². The van der Waals surface area contributed by atoms with Crippen LogP contribution in [0.2, 0.25) is 5.02 Å². The van der Waals surface area contributed by atoms with Crippen molar-refractivity contribution in [3.05, 3.63) is 64.9 Å². The molecule has 5 nitrogen and oxygen atoms in total. The molecule has 144 valence electrons. The second-order valence-electron chi connectivity index (χ2n) is 7.30. The summed E-state index contributed by atoms with van der Waals surface area (Å²) >= 11 is 5.96. The number of benzene rings is 1. The van der Waals surface area contributed by atoms with Crippen molar-refractivity contribution in [2.24, 2.45) is 0 Å². The SMILES string of the molecule is CN(CC(=O)NC1CCCN(Cc2ccc(Cl)cc2)C1)Cc1cccnc1. The number of carbonyl (C=O) groups excluding carboxylic acids is 1. The van der Waals surface area contributed by atoms with Gasteiger partial charge in [0, 0.05) is 43.1 Å². The minimum atomic E-state index is 0.0831. The second-order valence-corrected chi connectivity index (χ2v) is 7.74. The van der Waals surface area contributed by atoms with Crippen molar-refractivity contribution in [2.75, 3.05) is 26.7 Å². The Morgan fingerprint density at radius 1 is 1.30 bits per heavy atom. The van der Waals surface area contributed by atoms with Crippen LogP contribution >= 0.6 is 11.6 Å². The summed E-state index contributed by atoms with van der Waals surface area (Å²) in [7, 11) is 1.96. The van der Waals surface area contributed by atoms with Gasteiger partial charge in [0.05, 0.1) is 6.54 Å². The van der Waals surface area contributed by atoms with Crippen molar-refractivity contribution in [2.45, 2.75) is 32.0 Å². The van der Waals surface area contributed by atoms with Crippen LogP contribution in [0.15, 0.2) is 48.8 Å². The summed E-state index contributed by atoms with van der Waals surface area (Å²) in [5.74, 6) is 0.0831. The third-order valence-electron chi connectivity index (χ3n) is 4.78. The summed E-state index contributed by atoms with van der Waals surface area (Å²) in [4.78, 5) is 20.9. The summed E-state index contributed by atoms with van der Waals surface area (Å²) in [5, 5.41) is 3.96. The maximum atomic E-state index is 12.4. The van der Waals surface area contributed by atoms with Crippen molar-refractivity contribution in [1.82, 2.24) is 20.1 Å². The van der Waals surface area contributed by atoms with Gasteiger partial charge in [0.25, 0.3) is 0 Å². The molecule has 27 heavy (non-hydrogen) atoms. The number of piperidine rings is 1. The van der Waals surface area contributed by atoms with Crippen molar-refractivity contribution in [1.29, 1.82) is 0 Å². The number of likely N-dealkylation sites (N-methyl/N-ethyl adjacent to an activating group) is 1. The van der Waals surface area contributed by atoms with E-state index in [9.17, 15) is 4.79 Å². The molecule has 2 aromatic rings. The first-order valence-corrected chi connectivity index (χ1v) is 9.80. The van der Waals surface area contributed by atoms with E-state index in [1.54, 1.807) is 6.20 Å². The number of hydrogen-bond donors (Lipinski definition) is 1. The first-order chi connectivity index (χ1) is 13.1. The highest BCUT2D eigenvalue weighted by molar-refractivity contribution is 6.30. The van der Waals surface area contributed by atoms with Crippen LogP contribution in [-0.2, 0) is 17.9 Å². The van der Waals surface area contributed by atoms with Gasteiger partial charge in [-0.05, 0) is 55.8 Å². The molecule has 1 fully saturated rings. The van der Waals surface area contributed by atoms with Crippen LogP contribution in [0.5, 0.6) is 0 Å². The molecular weight excluding hydrogens is 360 g/mol. The van der Waals surface area contributed by atoms with Crippen LogP contribution < -0.4 is 5.32 Å². The number of amides is 1. The molecule has 0 saturated carbocycles. The molecule has 1 amide bonds. The summed E-state index contributed by atoms with van der Waals surface area (Å²) in [6, 6.07) is 12.1. The minimum Gasteiger partial charge on any atom is -0.351 e. The summed E-state index contributed by atoms with van der Waals surface area (Å²) in [6.45, 7) is 3.96. The van der Waals surface area contributed by atoms with Gasteiger partial charge in [-0.3, -0.25) is 19.6 Å². The van der Waals surface area contributed by atoms with Crippen molar-refractivity contribution < 1.29 is 4.79 Å². The fourth-order valence-electron chi connectivity index (χ4n) is 3.54. The molecule has 3 rings (SSSR count). The Morgan fingerprint density at radius 2 is 2.11 bits per heavy atom. The number of carbonyl (C=O) groups is 1. The number of nitrogens with zero attached hydrogens (tertiary/aromatic N) is 3. The van der Waals surface area contributed by atoms with Crippen molar-refractivity contribution >= 4 is 17.5 Å². The fourth-order valence-corrected chi connectivity index (χ4v) is 3.67. The quantitative estimate of drug-likeness (QED) is 0.794. The molecule has 2 heterocycles. The van der Waals surface area contributed by atoms with Gasteiger partial charge < -0.3 is 5.32 Å². The molecule has 0 aliphatic carbocycles. The second kappa shape index (κ2) is 9.83. The minimum absolute atomic E-state index is 0.0831. The van der Waals surface area contributed by atoms with E-state index >= 15 is 0 Å². The first-order valence-electron chi connectivity index (χ1n) is 9.42. The molecule has 1 atom stereocenters. The van der Waals surface area contributed by atoms with E-state index in [0.717, 1.165) is 43.1 Å². The number of likely N-dealkylation sites (tertiary alicyclic amines) is 1. The van der Waals surface area contributed by atoms with Gasteiger partial charge in [-0.25, -0.2) is 0 Å². The summed E-state index contributed by atoms with van der Waals surface area (Å²) < 4.78 is 0. The Hall–Kier alpha value is -1.95. The molecule has 0 spiro atoms. The zero-order valence-electron chi connectivity index (χ0n) is 15.8. The van der Waals surface area contributed by atoms with E-state index in [-0.39, 0.29) is 11.9 Å². The Bertz CT molecular complexity index is 723. The average molecular weight is 387 g/mol. The van der Waals surface area contributed by atoms with E-state index in [4.69, 9.17) is 11.6 Å². The van der Waals surface area contributed by atoms with Gasteiger partial charge >= 0.3 is 0 Å². The van der Waals surface area contributed by atoms with Gasteiger partial charge in [-0.1, -0.05) is 29.8 Å². The van der Waals surface area contributed by atoms with Crippen molar-refractivity contribution in [3.8, 4) is 0 Å². The number of halogens is 1. The molecule has 1 aromatic carbocycles. The highest BCUT2D eigenvalue weighted by Crippen LogP contribution is 2.16. The molecule has 1 aliphatic rings. The Kier molecular flexibility index (Phi) is 7.21. The Balaban J connectivity index is 1.44. The smallest absolute Gasteiger partial charge is 0.234 e.